The highest BCUT2D eigenvalue weighted by Crippen LogP contribution is 2.04. The molecule has 0 aromatic rings. The smallest absolute Gasteiger partial charge is 0.343 e. The third-order valence-electron chi connectivity index (χ3n) is 1.79. The highest BCUT2D eigenvalue weighted by atomic mass is 16.2. The van der Waals surface area contributed by atoms with Crippen molar-refractivity contribution in [1.82, 2.24) is 10.6 Å². The molecule has 6 heteroatoms. The van der Waals surface area contributed by atoms with Gasteiger partial charge in [-0.05, 0) is 20.8 Å². The summed E-state index contributed by atoms with van der Waals surface area (Å²) in [5, 5.41) is 5.27. The molecule has 0 aromatic carbocycles. The van der Waals surface area contributed by atoms with Crippen molar-refractivity contribution >= 4 is 17.8 Å². The Morgan fingerprint density at radius 1 is 1.60 bits per heavy atom. The molecule has 6 nitrogen and oxygen atoms in total. The van der Waals surface area contributed by atoms with E-state index in [0.717, 1.165) is 0 Å². The van der Waals surface area contributed by atoms with E-state index in [9.17, 15) is 9.59 Å². The van der Waals surface area contributed by atoms with Crippen LogP contribution in [0.2, 0.25) is 0 Å². The molecule has 1 rings (SSSR count). The van der Waals surface area contributed by atoms with Gasteiger partial charge in [0.05, 0.1) is 12.5 Å². The van der Waals surface area contributed by atoms with Gasteiger partial charge in [-0.2, -0.15) is 4.99 Å². The summed E-state index contributed by atoms with van der Waals surface area (Å²) in [5.41, 5.74) is 5.18. The quantitative estimate of drug-likeness (QED) is 0.588. The molecule has 0 fully saturated rings. The van der Waals surface area contributed by atoms with Crippen LogP contribution < -0.4 is 16.4 Å². The Bertz CT molecular complexity index is 317. The molecule has 0 saturated carbocycles. The number of nitrogens with zero attached hydrogens (tertiary/aromatic N) is 1. The lowest BCUT2D eigenvalue weighted by Gasteiger charge is -2.21. The molecule has 3 amide bonds. The molecule has 0 saturated heterocycles. The van der Waals surface area contributed by atoms with Gasteiger partial charge in [-0.1, -0.05) is 0 Å². The average Bonchev–Trinajstić information content (AvgIpc) is 2.25. The number of amides is 3. The van der Waals surface area contributed by atoms with E-state index < -0.39 is 12.1 Å². The lowest BCUT2D eigenvalue weighted by molar-refractivity contribution is -0.122. The lowest BCUT2D eigenvalue weighted by Crippen LogP contribution is -2.46. The molecule has 1 aliphatic rings. The van der Waals surface area contributed by atoms with Crippen LogP contribution in [0.1, 0.15) is 27.2 Å². The zero-order valence-corrected chi connectivity index (χ0v) is 9.13. The van der Waals surface area contributed by atoms with Crippen molar-refractivity contribution in [1.29, 1.82) is 0 Å². The molecule has 0 aliphatic carbocycles. The predicted octanol–water partition coefficient (Wildman–Crippen LogP) is -0.260. The second-order valence-corrected chi connectivity index (χ2v) is 4.54. The minimum atomic E-state index is -0.485. The summed E-state index contributed by atoms with van der Waals surface area (Å²) in [5.74, 6) is 0.0110. The van der Waals surface area contributed by atoms with E-state index in [-0.39, 0.29) is 23.7 Å². The topological polar surface area (TPSA) is 96.6 Å². The average molecular weight is 212 g/mol. The molecule has 0 bridgehead atoms. The van der Waals surface area contributed by atoms with E-state index in [4.69, 9.17) is 5.73 Å². The SMILES string of the molecule is CC(C)(C)NC(=O)CC1NC(=O)N=C1N. The number of nitrogens with two attached hydrogens (primary N) is 1. The molecular formula is C9H16N4O2. The first-order valence-corrected chi connectivity index (χ1v) is 4.73. The van der Waals surface area contributed by atoms with Crippen LogP contribution in [0.5, 0.6) is 0 Å². The second-order valence-electron chi connectivity index (χ2n) is 4.54. The van der Waals surface area contributed by atoms with E-state index >= 15 is 0 Å². The van der Waals surface area contributed by atoms with Gasteiger partial charge in [0.2, 0.25) is 5.91 Å². The van der Waals surface area contributed by atoms with Crippen LogP contribution in [0, 0.1) is 0 Å². The highest BCUT2D eigenvalue weighted by Gasteiger charge is 2.26. The maximum Gasteiger partial charge on any atom is 0.343 e. The largest absolute Gasteiger partial charge is 0.385 e. The van der Waals surface area contributed by atoms with Crippen LogP contribution >= 0.6 is 0 Å². The molecule has 1 atom stereocenters. The minimum Gasteiger partial charge on any atom is -0.385 e. The summed E-state index contributed by atoms with van der Waals surface area (Å²) >= 11 is 0. The number of amidine groups is 1. The van der Waals surface area contributed by atoms with Crippen LogP contribution in [0.25, 0.3) is 0 Å². The van der Waals surface area contributed by atoms with E-state index in [1.54, 1.807) is 0 Å². The maximum atomic E-state index is 11.5. The molecule has 0 aromatic heterocycles. The van der Waals surface area contributed by atoms with Gasteiger partial charge in [-0.15, -0.1) is 0 Å². The van der Waals surface area contributed by atoms with Crippen LogP contribution in [0.15, 0.2) is 4.99 Å². The third kappa shape index (κ3) is 3.57. The molecule has 1 heterocycles. The standard InChI is InChI=1S/C9H16N4O2/c1-9(2,3)13-6(14)4-5-7(10)12-8(15)11-5/h5H,4H2,1-3H3,(H,13,14)(H3,10,11,12,15). The van der Waals surface area contributed by atoms with Gasteiger partial charge in [0.1, 0.15) is 5.84 Å². The first kappa shape index (κ1) is 11.5. The summed E-state index contributed by atoms with van der Waals surface area (Å²) in [6.45, 7) is 5.65. The number of rotatable bonds is 2. The van der Waals surface area contributed by atoms with Gasteiger partial charge < -0.3 is 16.4 Å². The highest BCUT2D eigenvalue weighted by molar-refractivity contribution is 6.04. The molecule has 0 radical (unpaired) electrons. The minimum absolute atomic E-state index is 0.123. The number of urea groups is 1. The van der Waals surface area contributed by atoms with Crippen molar-refractivity contribution in [3.63, 3.8) is 0 Å². The summed E-state index contributed by atoms with van der Waals surface area (Å²) in [4.78, 5) is 25.8. The van der Waals surface area contributed by atoms with Gasteiger partial charge in [0.15, 0.2) is 0 Å². The zero-order chi connectivity index (χ0) is 11.6. The van der Waals surface area contributed by atoms with Crippen molar-refractivity contribution in [3.05, 3.63) is 0 Å². The Hall–Kier alpha value is -1.59. The van der Waals surface area contributed by atoms with E-state index in [1.165, 1.54) is 0 Å². The maximum absolute atomic E-state index is 11.5. The van der Waals surface area contributed by atoms with Gasteiger partial charge in [-0.25, -0.2) is 4.79 Å². The first-order chi connectivity index (χ1) is 6.78. The van der Waals surface area contributed by atoms with Gasteiger partial charge >= 0.3 is 6.03 Å². The van der Waals surface area contributed by atoms with Crippen molar-refractivity contribution in [2.24, 2.45) is 10.7 Å². The summed E-state index contributed by atoms with van der Waals surface area (Å²) in [6, 6.07) is -0.957. The first-order valence-electron chi connectivity index (χ1n) is 4.73. The number of carbonyl (C=O) groups excluding carboxylic acids is 2. The molecule has 1 unspecified atom stereocenters. The van der Waals surface area contributed by atoms with Crippen LogP contribution in [-0.4, -0.2) is 29.4 Å². The number of nitrogens with one attached hydrogen (secondary N) is 2. The normalized spacial score (nSPS) is 20.9. The van der Waals surface area contributed by atoms with Crippen LogP contribution in [0.4, 0.5) is 4.79 Å². The number of hydrogen-bond donors (Lipinski definition) is 3. The second kappa shape index (κ2) is 3.88. The summed E-state index contributed by atoms with van der Waals surface area (Å²) in [7, 11) is 0. The third-order valence-corrected chi connectivity index (χ3v) is 1.79. The van der Waals surface area contributed by atoms with Crippen molar-refractivity contribution in [3.8, 4) is 0 Å². The Balaban J connectivity index is 2.47. The van der Waals surface area contributed by atoms with E-state index in [0.29, 0.717) is 0 Å². The van der Waals surface area contributed by atoms with E-state index in [1.807, 2.05) is 20.8 Å². The fourth-order valence-corrected chi connectivity index (χ4v) is 1.26. The van der Waals surface area contributed by atoms with Gasteiger partial charge in [-0.3, -0.25) is 4.79 Å². The Morgan fingerprint density at radius 3 is 2.60 bits per heavy atom. The van der Waals surface area contributed by atoms with Crippen LogP contribution in [0.3, 0.4) is 0 Å². The molecule has 1 aliphatic heterocycles. The van der Waals surface area contributed by atoms with Crippen LogP contribution in [-0.2, 0) is 4.79 Å². The number of hydrogen-bond acceptors (Lipinski definition) is 3. The molecular weight excluding hydrogens is 196 g/mol. The lowest BCUT2D eigenvalue weighted by atomic mass is 10.1. The zero-order valence-electron chi connectivity index (χ0n) is 9.13. The fraction of sp³-hybridized carbons (Fsp3) is 0.667. The number of carbonyl (C=O) groups is 2. The van der Waals surface area contributed by atoms with Crippen molar-refractivity contribution in [2.45, 2.75) is 38.8 Å². The van der Waals surface area contributed by atoms with E-state index in [2.05, 4.69) is 15.6 Å². The Morgan fingerprint density at radius 2 is 2.20 bits per heavy atom. The van der Waals surface area contributed by atoms with Gasteiger partial charge in [0, 0.05) is 5.54 Å². The predicted molar refractivity (Wildman–Crippen MR) is 56.5 cm³/mol. The molecule has 4 N–H and O–H groups in total. The fourth-order valence-electron chi connectivity index (χ4n) is 1.26. The Labute approximate surface area is 88.3 Å². The monoisotopic (exact) mass is 212 g/mol. The van der Waals surface area contributed by atoms with Crippen molar-refractivity contribution in [2.75, 3.05) is 0 Å². The molecule has 0 spiro atoms. The molecule has 84 valence electrons. The number of aliphatic imine (C=N–C) groups is 1. The molecule has 15 heavy (non-hydrogen) atoms. The van der Waals surface area contributed by atoms with Crippen molar-refractivity contribution < 1.29 is 9.59 Å². The summed E-state index contributed by atoms with van der Waals surface area (Å²) < 4.78 is 0. The van der Waals surface area contributed by atoms with Gasteiger partial charge in [0.25, 0.3) is 0 Å². The Kier molecular flexibility index (Phi) is 2.97. The summed E-state index contributed by atoms with van der Waals surface area (Å²) in [6.07, 6.45) is 0.123.